The summed E-state index contributed by atoms with van der Waals surface area (Å²) in [6.45, 7) is 4.49. The molecule has 0 aliphatic rings. The first kappa shape index (κ1) is 13.1. The predicted octanol–water partition coefficient (Wildman–Crippen LogP) is 3.84. The average molecular weight is 245 g/mol. The average Bonchev–Trinajstić information content (AvgIpc) is 2.16. The first-order chi connectivity index (χ1) is 6.41. The Morgan fingerprint density at radius 1 is 0.923 bits per heavy atom. The van der Waals surface area contributed by atoms with E-state index in [0.717, 1.165) is 6.42 Å². The summed E-state index contributed by atoms with van der Waals surface area (Å²) in [4.78, 5) is 3.31. The van der Waals surface area contributed by atoms with E-state index in [9.17, 15) is 0 Å². The van der Waals surface area contributed by atoms with E-state index < -0.39 is 0 Å². The molecule has 0 aromatic carbocycles. The van der Waals surface area contributed by atoms with Crippen LogP contribution in [0.15, 0.2) is 0 Å². The van der Waals surface area contributed by atoms with Crippen molar-refractivity contribution in [2.45, 2.75) is 64.1 Å². The van der Waals surface area contributed by atoms with E-state index >= 15 is 0 Å². The Kier molecular flexibility index (Phi) is 12.2. The van der Waals surface area contributed by atoms with Crippen molar-refractivity contribution < 1.29 is 0 Å². The molecular weight excluding hydrogens is 223 g/mol. The first-order valence-corrected chi connectivity index (χ1v) is 7.58. The fourth-order valence-corrected chi connectivity index (χ4v) is 2.56. The van der Waals surface area contributed by atoms with Gasteiger partial charge in [-0.3, -0.25) is 0 Å². The Balaban J connectivity index is 3.02. The normalized spacial score (nSPS) is 9.38. The Labute approximate surface area is 90.0 Å². The summed E-state index contributed by atoms with van der Waals surface area (Å²) in [6.07, 6.45) is 9.20. The van der Waals surface area contributed by atoms with E-state index in [0.29, 0.717) is 15.0 Å². The van der Waals surface area contributed by atoms with Crippen LogP contribution < -0.4 is 0 Å². The van der Waals surface area contributed by atoms with E-state index in [2.05, 4.69) is 24.6 Å². The Bertz CT molecular complexity index is 141. The predicted molar refractivity (Wildman–Crippen MR) is 62.0 cm³/mol. The molecule has 0 heterocycles. The second-order valence-corrected chi connectivity index (χ2v) is 5.18. The van der Waals surface area contributed by atoms with Crippen LogP contribution in [-0.4, -0.2) is 15.0 Å². The number of hydrogen-bond acceptors (Lipinski definition) is 0. The van der Waals surface area contributed by atoms with Gasteiger partial charge in [-0.2, -0.15) is 0 Å². The fourth-order valence-electron chi connectivity index (χ4n) is 1.01. The summed E-state index contributed by atoms with van der Waals surface area (Å²) in [7, 11) is 0. The van der Waals surface area contributed by atoms with Crippen molar-refractivity contribution in [3.05, 3.63) is 0 Å². The molecule has 0 unspecified atom stereocenters. The van der Waals surface area contributed by atoms with Crippen LogP contribution in [-0.2, 0) is 0 Å². The molecule has 0 amide bonds. The maximum atomic E-state index is 3.31. The molecule has 76 valence electrons. The monoisotopic (exact) mass is 246 g/mol. The van der Waals surface area contributed by atoms with Gasteiger partial charge in [0.1, 0.15) is 0 Å². The minimum absolute atomic E-state index is 0.612. The summed E-state index contributed by atoms with van der Waals surface area (Å²) in [5.74, 6) is 3.28. The van der Waals surface area contributed by atoms with Crippen LogP contribution >= 0.6 is 0 Å². The van der Waals surface area contributed by atoms with Gasteiger partial charge in [-0.25, -0.2) is 0 Å². The van der Waals surface area contributed by atoms with Gasteiger partial charge in [0.2, 0.25) is 0 Å². The van der Waals surface area contributed by atoms with Crippen LogP contribution in [0.2, 0.25) is 5.32 Å². The summed E-state index contributed by atoms with van der Waals surface area (Å²) in [5, 5.41) is 1.35. The molecule has 0 spiro atoms. The molecule has 0 saturated heterocycles. The van der Waals surface area contributed by atoms with Crippen LogP contribution in [0.25, 0.3) is 0 Å². The Morgan fingerprint density at radius 2 is 1.69 bits per heavy atom. The molecule has 0 aromatic rings. The number of hydrogen-bond donors (Lipinski definition) is 0. The van der Waals surface area contributed by atoms with Crippen molar-refractivity contribution in [3.8, 4) is 10.7 Å². The maximum absolute atomic E-state index is 3.31. The fraction of sp³-hybridized carbons (Fsp3) is 0.833. The van der Waals surface area contributed by atoms with Gasteiger partial charge < -0.3 is 0 Å². The van der Waals surface area contributed by atoms with Crippen LogP contribution in [0.1, 0.15) is 58.8 Å². The van der Waals surface area contributed by atoms with Gasteiger partial charge in [0.15, 0.2) is 0 Å². The molecule has 1 heteroatoms. The van der Waals surface area contributed by atoms with E-state index in [1.165, 1.54) is 43.8 Å². The molecule has 0 bridgehead atoms. The van der Waals surface area contributed by atoms with Crippen molar-refractivity contribution in [2.24, 2.45) is 0 Å². The second kappa shape index (κ2) is 12.1. The summed E-state index contributed by atoms with van der Waals surface area (Å²) >= 11 is 0.612. The molecule has 13 heavy (non-hydrogen) atoms. The van der Waals surface area contributed by atoms with Crippen LogP contribution in [0, 0.1) is 10.7 Å². The van der Waals surface area contributed by atoms with Crippen molar-refractivity contribution >= 4 is 15.0 Å². The van der Waals surface area contributed by atoms with Gasteiger partial charge in [0, 0.05) is 0 Å². The van der Waals surface area contributed by atoms with Gasteiger partial charge in [0.25, 0.3) is 0 Å². The van der Waals surface area contributed by atoms with Gasteiger partial charge >= 0.3 is 89.8 Å². The topological polar surface area (TPSA) is 0 Å². The zero-order valence-electron chi connectivity index (χ0n) is 9.07. The van der Waals surface area contributed by atoms with Crippen molar-refractivity contribution in [3.63, 3.8) is 0 Å². The SMILES string of the molecule is CCCCCCC#C[Se]CCCC. The van der Waals surface area contributed by atoms with E-state index in [1.807, 2.05) is 0 Å². The quantitative estimate of drug-likeness (QED) is 0.363. The zero-order valence-corrected chi connectivity index (χ0v) is 10.8. The molecular formula is C12H22Se. The van der Waals surface area contributed by atoms with Crippen LogP contribution in [0.5, 0.6) is 0 Å². The minimum atomic E-state index is 0.612. The molecule has 0 radical (unpaired) electrons. The van der Waals surface area contributed by atoms with E-state index in [1.54, 1.807) is 0 Å². The van der Waals surface area contributed by atoms with Gasteiger partial charge in [-0.1, -0.05) is 0 Å². The van der Waals surface area contributed by atoms with Crippen molar-refractivity contribution in [1.29, 1.82) is 0 Å². The molecule has 0 fully saturated rings. The Morgan fingerprint density at radius 3 is 2.38 bits per heavy atom. The molecule has 0 aliphatic carbocycles. The molecule has 0 atom stereocenters. The molecule has 0 saturated carbocycles. The first-order valence-electron chi connectivity index (χ1n) is 5.51. The van der Waals surface area contributed by atoms with Crippen molar-refractivity contribution in [1.82, 2.24) is 0 Å². The van der Waals surface area contributed by atoms with Gasteiger partial charge in [-0.05, 0) is 0 Å². The number of unbranched alkanes of at least 4 members (excludes halogenated alkanes) is 5. The molecule has 0 nitrogen and oxygen atoms in total. The molecule has 0 aromatic heterocycles. The van der Waals surface area contributed by atoms with Crippen molar-refractivity contribution in [2.75, 3.05) is 0 Å². The number of rotatable bonds is 7. The van der Waals surface area contributed by atoms with Crippen LogP contribution in [0.3, 0.4) is 0 Å². The van der Waals surface area contributed by atoms with Gasteiger partial charge in [-0.15, -0.1) is 0 Å². The van der Waals surface area contributed by atoms with E-state index in [-0.39, 0.29) is 0 Å². The Hall–Kier alpha value is 0.0795. The van der Waals surface area contributed by atoms with E-state index in [4.69, 9.17) is 0 Å². The summed E-state index contributed by atoms with van der Waals surface area (Å²) < 4.78 is 0. The summed E-state index contributed by atoms with van der Waals surface area (Å²) in [5.41, 5.74) is 0. The molecule has 0 N–H and O–H groups in total. The third-order valence-electron chi connectivity index (χ3n) is 1.90. The zero-order chi connectivity index (χ0) is 9.78. The van der Waals surface area contributed by atoms with Gasteiger partial charge in [0.05, 0.1) is 0 Å². The second-order valence-electron chi connectivity index (χ2n) is 3.29. The standard InChI is InChI=1S/C12H22Se/c1-3-5-7-8-9-10-12-13-11-6-4-2/h3-9,11H2,1-2H3. The third kappa shape index (κ3) is 12.1. The molecule has 0 rings (SSSR count). The van der Waals surface area contributed by atoms with Crippen LogP contribution in [0.4, 0.5) is 0 Å². The molecule has 0 aliphatic heterocycles. The third-order valence-corrected chi connectivity index (χ3v) is 3.54. The summed E-state index contributed by atoms with van der Waals surface area (Å²) in [6, 6.07) is 0.